The molecule has 2 heterocycles. The molecule has 0 saturated carbocycles. The first-order valence-electron chi connectivity index (χ1n) is 18.9. The van der Waals surface area contributed by atoms with Crippen LogP contribution in [0.3, 0.4) is 0 Å². The fourth-order valence-corrected chi connectivity index (χ4v) is 8.80. The molecule has 1 aromatic heterocycles. The van der Waals surface area contributed by atoms with Gasteiger partial charge in [-0.15, -0.1) is 11.8 Å². The standard InChI is InChI=1S/C46H45N3O6S2/c1-32-14-24-40(25-15-32)57(52,53)49-42(27-33-9-3-2-4-10-33)45(51)48-29-38-11-5-6-12-41(38)35-20-22-37(23-21-35)46-54-39(31-56-44-13-7-8-26-47-44)28-43(55-46)36-18-16-34(30-50)17-19-36/h2-26,39,42-43,46,49-50H,27-31H2,1H3,(H,48,51). The highest BCUT2D eigenvalue weighted by atomic mass is 32.2. The average Bonchev–Trinajstić information content (AvgIpc) is 3.25. The van der Waals surface area contributed by atoms with E-state index in [9.17, 15) is 18.3 Å². The van der Waals surface area contributed by atoms with E-state index in [1.807, 2.05) is 128 Å². The van der Waals surface area contributed by atoms with Crippen LogP contribution in [0.1, 0.15) is 52.2 Å². The van der Waals surface area contributed by atoms with Gasteiger partial charge in [0.1, 0.15) is 6.04 Å². The summed E-state index contributed by atoms with van der Waals surface area (Å²) < 4.78 is 42.6. The summed E-state index contributed by atoms with van der Waals surface area (Å²) in [5, 5.41) is 13.5. The minimum absolute atomic E-state index is 0.0203. The molecule has 3 N–H and O–H groups in total. The number of aromatic nitrogens is 1. The Morgan fingerprint density at radius 3 is 2.23 bits per heavy atom. The number of aliphatic hydroxyl groups is 1. The summed E-state index contributed by atoms with van der Waals surface area (Å²) in [6.07, 6.45) is 1.73. The maximum absolute atomic E-state index is 13.8. The fourth-order valence-electron chi connectivity index (χ4n) is 6.73. The van der Waals surface area contributed by atoms with Gasteiger partial charge in [-0.3, -0.25) is 4.79 Å². The number of nitrogens with one attached hydrogen (secondary N) is 2. The Morgan fingerprint density at radius 1 is 0.807 bits per heavy atom. The second kappa shape index (κ2) is 18.9. The second-order valence-corrected chi connectivity index (χ2v) is 16.8. The summed E-state index contributed by atoms with van der Waals surface area (Å²) in [5.74, 6) is 0.279. The lowest BCUT2D eigenvalue weighted by Crippen LogP contribution is -2.47. The summed E-state index contributed by atoms with van der Waals surface area (Å²) in [4.78, 5) is 18.3. The van der Waals surface area contributed by atoms with Gasteiger partial charge in [0.15, 0.2) is 6.29 Å². The first kappa shape index (κ1) is 40.1. The predicted octanol–water partition coefficient (Wildman–Crippen LogP) is 8.09. The van der Waals surface area contributed by atoms with Crippen molar-refractivity contribution in [2.45, 2.75) is 67.4 Å². The van der Waals surface area contributed by atoms with Gasteiger partial charge in [-0.25, -0.2) is 13.4 Å². The predicted molar refractivity (Wildman–Crippen MR) is 223 cm³/mol. The largest absolute Gasteiger partial charge is 0.392 e. The molecule has 0 bridgehead atoms. The minimum atomic E-state index is -3.98. The third-order valence-corrected chi connectivity index (χ3v) is 12.4. The van der Waals surface area contributed by atoms with Gasteiger partial charge in [-0.2, -0.15) is 4.72 Å². The summed E-state index contributed by atoms with van der Waals surface area (Å²) in [7, 11) is -3.98. The smallest absolute Gasteiger partial charge is 0.241 e. The van der Waals surface area contributed by atoms with Crippen LogP contribution in [-0.4, -0.2) is 42.3 Å². The van der Waals surface area contributed by atoms with Crippen LogP contribution in [0.15, 0.2) is 162 Å². The summed E-state index contributed by atoms with van der Waals surface area (Å²) in [6, 6.07) is 44.5. The topological polar surface area (TPSA) is 127 Å². The molecule has 0 aliphatic carbocycles. The molecule has 4 unspecified atom stereocenters. The molecule has 11 heteroatoms. The maximum Gasteiger partial charge on any atom is 0.241 e. The zero-order valence-electron chi connectivity index (χ0n) is 31.5. The van der Waals surface area contributed by atoms with E-state index in [0.717, 1.165) is 49.5 Å². The number of thioether (sulfide) groups is 1. The number of ether oxygens (including phenoxy) is 2. The molecule has 9 nitrogen and oxygen atoms in total. The van der Waals surface area contributed by atoms with Crippen molar-refractivity contribution < 1.29 is 27.8 Å². The van der Waals surface area contributed by atoms with Crippen molar-refractivity contribution in [3.63, 3.8) is 0 Å². The Bertz CT molecular complexity index is 2330. The third kappa shape index (κ3) is 10.6. The monoisotopic (exact) mass is 799 g/mol. The van der Waals surface area contributed by atoms with E-state index < -0.39 is 28.3 Å². The molecule has 1 aliphatic rings. The number of aliphatic hydroxyl groups excluding tert-OH is 1. The Hall–Kier alpha value is -5.14. The highest BCUT2D eigenvalue weighted by Crippen LogP contribution is 2.40. The van der Waals surface area contributed by atoms with Crippen LogP contribution in [0.5, 0.6) is 0 Å². The van der Waals surface area contributed by atoms with E-state index in [2.05, 4.69) is 15.0 Å². The number of carbonyl (C=O) groups excluding carboxylic acids is 1. The molecule has 1 saturated heterocycles. The zero-order valence-corrected chi connectivity index (χ0v) is 33.2. The van der Waals surface area contributed by atoms with E-state index in [4.69, 9.17) is 9.47 Å². The van der Waals surface area contributed by atoms with Gasteiger partial charge in [-0.1, -0.05) is 127 Å². The van der Waals surface area contributed by atoms with Crippen LogP contribution in [-0.2, 0) is 43.9 Å². The van der Waals surface area contributed by atoms with Gasteiger partial charge in [-0.05, 0) is 71.0 Å². The number of aryl methyl sites for hydroxylation is 1. The molecule has 57 heavy (non-hydrogen) atoms. The van der Waals surface area contributed by atoms with Crippen molar-refractivity contribution in [3.8, 4) is 11.1 Å². The number of sulfonamides is 1. The lowest BCUT2D eigenvalue weighted by Gasteiger charge is -2.36. The van der Waals surface area contributed by atoms with E-state index in [0.29, 0.717) is 12.2 Å². The van der Waals surface area contributed by atoms with Crippen LogP contribution in [0.4, 0.5) is 0 Å². The number of hydrogen-bond donors (Lipinski definition) is 3. The van der Waals surface area contributed by atoms with Crippen LogP contribution in [0.25, 0.3) is 11.1 Å². The van der Waals surface area contributed by atoms with Gasteiger partial charge in [0.25, 0.3) is 0 Å². The number of benzene rings is 5. The molecule has 1 amide bonds. The molecule has 1 fully saturated rings. The Labute approximate surface area is 338 Å². The number of pyridine rings is 1. The number of rotatable bonds is 15. The molecule has 6 aromatic rings. The first-order valence-corrected chi connectivity index (χ1v) is 21.3. The van der Waals surface area contributed by atoms with Crippen LogP contribution in [0, 0.1) is 6.92 Å². The van der Waals surface area contributed by atoms with Gasteiger partial charge in [0.2, 0.25) is 15.9 Å². The fraction of sp³-hybridized carbons (Fsp3) is 0.217. The molecular formula is C46H45N3O6S2. The Morgan fingerprint density at radius 2 is 1.51 bits per heavy atom. The van der Waals surface area contributed by atoms with Crippen molar-refractivity contribution in [2.75, 3.05) is 5.75 Å². The Balaban J connectivity index is 1.06. The SMILES string of the molecule is Cc1ccc(S(=O)(=O)NC(Cc2ccccc2)C(=O)NCc2ccccc2-c2ccc(C3OC(CSc4ccccn4)CC(c4ccc(CO)cc4)O3)cc2)cc1. The molecule has 5 aromatic carbocycles. The van der Waals surface area contributed by atoms with Crippen molar-refractivity contribution in [3.05, 3.63) is 185 Å². The van der Waals surface area contributed by atoms with E-state index in [-0.39, 0.29) is 36.7 Å². The summed E-state index contributed by atoms with van der Waals surface area (Å²) >= 11 is 1.65. The average molecular weight is 800 g/mol. The highest BCUT2D eigenvalue weighted by molar-refractivity contribution is 7.99. The van der Waals surface area contributed by atoms with E-state index in [1.54, 1.807) is 42.2 Å². The van der Waals surface area contributed by atoms with Crippen LogP contribution >= 0.6 is 11.8 Å². The summed E-state index contributed by atoms with van der Waals surface area (Å²) in [6.45, 7) is 2.06. The number of hydrogen-bond acceptors (Lipinski definition) is 8. The van der Waals surface area contributed by atoms with Crippen molar-refractivity contribution in [2.24, 2.45) is 0 Å². The van der Waals surface area contributed by atoms with E-state index in [1.165, 1.54) is 0 Å². The normalized spacial score (nSPS) is 17.5. The highest BCUT2D eigenvalue weighted by Gasteiger charge is 2.32. The van der Waals surface area contributed by atoms with Crippen molar-refractivity contribution in [1.29, 1.82) is 0 Å². The minimum Gasteiger partial charge on any atom is -0.392 e. The number of amides is 1. The molecule has 4 atom stereocenters. The molecule has 0 radical (unpaired) electrons. The van der Waals surface area contributed by atoms with Gasteiger partial charge < -0.3 is 19.9 Å². The molecule has 7 rings (SSSR count). The molecule has 292 valence electrons. The quantitative estimate of drug-likeness (QED) is 0.0891. The second-order valence-electron chi connectivity index (χ2n) is 14.0. The van der Waals surface area contributed by atoms with Gasteiger partial charge in [0.05, 0.1) is 28.7 Å². The zero-order chi connectivity index (χ0) is 39.6. The lowest BCUT2D eigenvalue weighted by atomic mass is 9.97. The van der Waals surface area contributed by atoms with Gasteiger partial charge >= 0.3 is 0 Å². The third-order valence-electron chi connectivity index (χ3n) is 9.86. The molecule has 0 spiro atoms. The van der Waals surface area contributed by atoms with Crippen molar-refractivity contribution in [1.82, 2.24) is 15.0 Å². The van der Waals surface area contributed by atoms with Crippen molar-refractivity contribution >= 4 is 27.7 Å². The van der Waals surface area contributed by atoms with Crippen LogP contribution < -0.4 is 10.0 Å². The van der Waals surface area contributed by atoms with Crippen LogP contribution in [0.2, 0.25) is 0 Å². The Kier molecular flexibility index (Phi) is 13.3. The lowest BCUT2D eigenvalue weighted by molar-refractivity contribution is -0.245. The first-order chi connectivity index (χ1) is 27.7. The number of carbonyl (C=O) groups is 1. The number of nitrogens with zero attached hydrogens (tertiary/aromatic N) is 1. The molecule has 1 aliphatic heterocycles. The van der Waals surface area contributed by atoms with Gasteiger partial charge in [0, 0.05) is 30.5 Å². The maximum atomic E-state index is 13.8. The summed E-state index contributed by atoms with van der Waals surface area (Å²) in [5.41, 5.74) is 7.26. The molecular weight excluding hydrogens is 755 g/mol. The van der Waals surface area contributed by atoms with E-state index >= 15 is 0 Å².